The van der Waals surface area contributed by atoms with E-state index < -0.39 is 0 Å². The first-order chi connectivity index (χ1) is 6.70. The predicted octanol–water partition coefficient (Wildman–Crippen LogP) is 0.485. The summed E-state index contributed by atoms with van der Waals surface area (Å²) in [5.74, 6) is -0.130. The summed E-state index contributed by atoms with van der Waals surface area (Å²) >= 11 is 0. The van der Waals surface area contributed by atoms with Crippen LogP contribution in [0.2, 0.25) is 0 Å². The van der Waals surface area contributed by atoms with Crippen LogP contribution in [0.4, 0.5) is 5.69 Å². The summed E-state index contributed by atoms with van der Waals surface area (Å²) in [5, 5.41) is 18.5. The molecule has 4 N–H and O–H groups in total. The second-order valence-corrected chi connectivity index (χ2v) is 3.08. The monoisotopic (exact) mass is 191 g/mol. The van der Waals surface area contributed by atoms with E-state index in [4.69, 9.17) is 10.6 Å². The van der Waals surface area contributed by atoms with Crippen LogP contribution in [0.3, 0.4) is 0 Å². The fraction of sp³-hybridized carbons (Fsp3) is 0.111. The molecular weight excluding hydrogens is 182 g/mol. The van der Waals surface area contributed by atoms with Gasteiger partial charge in [0.05, 0.1) is 6.42 Å². The number of hydrogen-bond donors (Lipinski definition) is 4. The van der Waals surface area contributed by atoms with Gasteiger partial charge in [-0.05, 0) is 11.6 Å². The summed E-state index contributed by atoms with van der Waals surface area (Å²) in [5.41, 5.74) is 3.93. The maximum absolute atomic E-state index is 11.0. The van der Waals surface area contributed by atoms with Gasteiger partial charge < -0.3 is 5.32 Å². The average molecular weight is 191 g/mol. The van der Waals surface area contributed by atoms with Gasteiger partial charge in [-0.25, -0.2) is 0 Å². The Labute approximate surface area is 80.2 Å². The first-order valence-corrected chi connectivity index (χ1v) is 4.12. The molecule has 0 fully saturated rings. The molecule has 1 heterocycles. The Bertz CT molecular complexity index is 415. The van der Waals surface area contributed by atoms with E-state index in [0.717, 1.165) is 5.56 Å². The first-order valence-electron chi connectivity index (χ1n) is 4.12. The van der Waals surface area contributed by atoms with Crippen molar-refractivity contribution >= 4 is 17.4 Å². The molecule has 0 aromatic heterocycles. The second kappa shape index (κ2) is 3.12. The van der Waals surface area contributed by atoms with E-state index in [9.17, 15) is 4.79 Å². The molecule has 14 heavy (non-hydrogen) atoms. The molecule has 1 aromatic rings. The summed E-state index contributed by atoms with van der Waals surface area (Å²) in [4.78, 5) is 11.0. The van der Waals surface area contributed by atoms with Crippen LogP contribution in [0.15, 0.2) is 18.2 Å². The van der Waals surface area contributed by atoms with Crippen LogP contribution in [-0.4, -0.2) is 17.0 Å². The maximum Gasteiger partial charge on any atom is 0.228 e. The smallest absolute Gasteiger partial charge is 0.228 e. The number of hydrogen-bond acceptors (Lipinski definition) is 3. The summed E-state index contributed by atoms with van der Waals surface area (Å²) in [7, 11) is 0. The van der Waals surface area contributed by atoms with Gasteiger partial charge in [0, 0.05) is 11.3 Å². The van der Waals surface area contributed by atoms with E-state index in [-0.39, 0.29) is 11.7 Å². The Morgan fingerprint density at radius 2 is 2.36 bits per heavy atom. The van der Waals surface area contributed by atoms with Crippen molar-refractivity contribution in [2.45, 2.75) is 6.42 Å². The molecule has 72 valence electrons. The highest BCUT2D eigenvalue weighted by Crippen LogP contribution is 2.23. The van der Waals surface area contributed by atoms with Gasteiger partial charge in [0.15, 0.2) is 0 Å². The minimum Gasteiger partial charge on any atom is -0.326 e. The van der Waals surface area contributed by atoms with E-state index in [1.165, 1.54) is 0 Å². The van der Waals surface area contributed by atoms with Gasteiger partial charge in [-0.3, -0.25) is 20.9 Å². The van der Waals surface area contributed by atoms with Crippen molar-refractivity contribution < 1.29 is 10.0 Å². The van der Waals surface area contributed by atoms with Crippen LogP contribution in [0.25, 0.3) is 0 Å². The molecule has 0 unspecified atom stereocenters. The summed E-state index contributed by atoms with van der Waals surface area (Å²) in [6.45, 7) is 0. The molecule has 2 rings (SSSR count). The van der Waals surface area contributed by atoms with Crippen molar-refractivity contribution in [3.05, 3.63) is 29.3 Å². The third-order valence-corrected chi connectivity index (χ3v) is 2.14. The average Bonchev–Trinajstić information content (AvgIpc) is 2.55. The molecule has 0 saturated carbocycles. The highest BCUT2D eigenvalue weighted by atomic mass is 16.5. The van der Waals surface area contributed by atoms with Crippen LogP contribution >= 0.6 is 0 Å². The van der Waals surface area contributed by atoms with Gasteiger partial charge in [0.25, 0.3) is 0 Å². The topological polar surface area (TPSA) is 85.2 Å². The zero-order chi connectivity index (χ0) is 10.1. The number of carbonyl (C=O) groups is 1. The zero-order valence-electron chi connectivity index (χ0n) is 7.29. The number of hydroxylamine groups is 1. The van der Waals surface area contributed by atoms with Gasteiger partial charge in [0.2, 0.25) is 5.91 Å². The number of anilines is 1. The Kier molecular flexibility index (Phi) is 1.94. The molecule has 1 aromatic carbocycles. The molecule has 0 radical (unpaired) electrons. The van der Waals surface area contributed by atoms with Crippen molar-refractivity contribution in [1.29, 1.82) is 5.41 Å². The Balaban J connectivity index is 2.37. The van der Waals surface area contributed by atoms with Crippen LogP contribution in [0.1, 0.15) is 11.1 Å². The molecular formula is C9H9N3O2. The van der Waals surface area contributed by atoms with Gasteiger partial charge in [-0.1, -0.05) is 12.1 Å². The molecule has 1 amide bonds. The Morgan fingerprint density at radius 1 is 1.57 bits per heavy atom. The Hall–Kier alpha value is -1.88. The molecule has 1 aliphatic rings. The van der Waals surface area contributed by atoms with Crippen molar-refractivity contribution in [2.24, 2.45) is 0 Å². The fourth-order valence-electron chi connectivity index (χ4n) is 1.43. The first kappa shape index (κ1) is 8.71. The molecule has 5 heteroatoms. The maximum atomic E-state index is 11.0. The second-order valence-electron chi connectivity index (χ2n) is 3.08. The minimum atomic E-state index is -0.0889. The zero-order valence-corrected chi connectivity index (χ0v) is 7.29. The number of amides is 1. The van der Waals surface area contributed by atoms with E-state index in [1.54, 1.807) is 23.7 Å². The number of carbonyl (C=O) groups excluding carboxylic acids is 1. The normalized spacial score (nSPS) is 13.4. The van der Waals surface area contributed by atoms with E-state index in [0.29, 0.717) is 17.7 Å². The largest absolute Gasteiger partial charge is 0.326 e. The molecule has 0 saturated heterocycles. The van der Waals surface area contributed by atoms with Gasteiger partial charge >= 0.3 is 0 Å². The quantitative estimate of drug-likeness (QED) is 0.296. The lowest BCUT2D eigenvalue weighted by Gasteiger charge is -2.04. The Morgan fingerprint density at radius 3 is 3.07 bits per heavy atom. The number of rotatable bonds is 1. The SMILES string of the molecule is N=C(NO)c1ccc2c(c1)NC(=O)C2. The van der Waals surface area contributed by atoms with Crippen LogP contribution in [-0.2, 0) is 11.2 Å². The third kappa shape index (κ3) is 1.33. The molecule has 5 nitrogen and oxygen atoms in total. The molecule has 1 aliphatic heterocycles. The molecule has 0 spiro atoms. The van der Waals surface area contributed by atoms with E-state index in [2.05, 4.69) is 5.32 Å². The van der Waals surface area contributed by atoms with Gasteiger partial charge in [-0.2, -0.15) is 0 Å². The summed E-state index contributed by atoms with van der Waals surface area (Å²) < 4.78 is 0. The predicted molar refractivity (Wildman–Crippen MR) is 50.5 cm³/mol. The number of amidine groups is 1. The van der Waals surface area contributed by atoms with E-state index in [1.807, 2.05) is 0 Å². The number of benzene rings is 1. The third-order valence-electron chi connectivity index (χ3n) is 2.14. The lowest BCUT2D eigenvalue weighted by Crippen LogP contribution is -2.18. The van der Waals surface area contributed by atoms with Gasteiger partial charge in [0.1, 0.15) is 5.84 Å². The highest BCUT2D eigenvalue weighted by Gasteiger charge is 2.17. The molecule has 0 bridgehead atoms. The van der Waals surface area contributed by atoms with Crippen molar-refractivity contribution in [2.75, 3.05) is 5.32 Å². The molecule has 0 atom stereocenters. The summed E-state index contributed by atoms with van der Waals surface area (Å²) in [6, 6.07) is 5.12. The van der Waals surface area contributed by atoms with Crippen LogP contribution in [0.5, 0.6) is 0 Å². The highest BCUT2D eigenvalue weighted by molar-refractivity contribution is 6.02. The number of fused-ring (bicyclic) bond motifs is 1. The van der Waals surface area contributed by atoms with E-state index >= 15 is 0 Å². The van der Waals surface area contributed by atoms with Crippen LogP contribution < -0.4 is 10.8 Å². The lowest BCUT2D eigenvalue weighted by atomic mass is 10.1. The minimum absolute atomic E-state index is 0.0411. The van der Waals surface area contributed by atoms with Crippen molar-refractivity contribution in [1.82, 2.24) is 5.48 Å². The van der Waals surface area contributed by atoms with Crippen molar-refractivity contribution in [3.63, 3.8) is 0 Å². The van der Waals surface area contributed by atoms with Crippen molar-refractivity contribution in [3.8, 4) is 0 Å². The number of nitrogens with one attached hydrogen (secondary N) is 3. The summed E-state index contributed by atoms with van der Waals surface area (Å²) in [6.07, 6.45) is 0.384. The van der Waals surface area contributed by atoms with Gasteiger partial charge in [-0.15, -0.1) is 0 Å². The van der Waals surface area contributed by atoms with Crippen LogP contribution in [0, 0.1) is 5.41 Å². The molecule has 0 aliphatic carbocycles. The fourth-order valence-corrected chi connectivity index (χ4v) is 1.43. The standard InChI is InChI=1S/C9H9N3O2/c10-9(12-14)6-2-1-5-4-8(13)11-7(5)3-6/h1-3,14H,4H2,(H2,10,12)(H,11,13). The lowest BCUT2D eigenvalue weighted by molar-refractivity contribution is -0.115.